The second-order valence-electron chi connectivity index (χ2n) is 8.12. The number of anilines is 2. The number of benzene rings is 2. The highest BCUT2D eigenvalue weighted by atomic mass is 32.2. The summed E-state index contributed by atoms with van der Waals surface area (Å²) < 4.78 is 28.1. The van der Waals surface area contributed by atoms with Crippen molar-refractivity contribution in [3.63, 3.8) is 0 Å². The van der Waals surface area contributed by atoms with Gasteiger partial charge >= 0.3 is 0 Å². The first-order chi connectivity index (χ1) is 15.8. The summed E-state index contributed by atoms with van der Waals surface area (Å²) in [4.78, 5) is 14.8. The van der Waals surface area contributed by atoms with Crippen molar-refractivity contribution in [2.45, 2.75) is 43.5 Å². The molecule has 0 aliphatic carbocycles. The van der Waals surface area contributed by atoms with Crippen molar-refractivity contribution in [3.05, 3.63) is 65.2 Å². The van der Waals surface area contributed by atoms with Gasteiger partial charge in [-0.25, -0.2) is 13.1 Å². The number of sulfonamides is 1. The number of hydrogen-bond donors (Lipinski definition) is 2. The van der Waals surface area contributed by atoms with E-state index >= 15 is 0 Å². The van der Waals surface area contributed by atoms with Gasteiger partial charge in [0, 0.05) is 30.4 Å². The predicted molar refractivity (Wildman–Crippen MR) is 130 cm³/mol. The topological polar surface area (TPSA) is 104 Å². The van der Waals surface area contributed by atoms with Crippen molar-refractivity contribution in [1.29, 1.82) is 0 Å². The molecule has 3 aromatic rings. The van der Waals surface area contributed by atoms with Crippen molar-refractivity contribution in [1.82, 2.24) is 14.9 Å². The van der Waals surface area contributed by atoms with E-state index in [2.05, 4.69) is 25.1 Å². The lowest BCUT2D eigenvalue weighted by Crippen LogP contribution is -2.29. The summed E-state index contributed by atoms with van der Waals surface area (Å²) in [5.41, 5.74) is 3.33. The van der Waals surface area contributed by atoms with Gasteiger partial charge < -0.3 is 4.90 Å². The minimum absolute atomic E-state index is 0.127. The Hall–Kier alpha value is -2.82. The molecule has 8 nitrogen and oxygen atoms in total. The third-order valence-electron chi connectivity index (χ3n) is 5.69. The molecule has 0 unspecified atom stereocenters. The van der Waals surface area contributed by atoms with Crippen LogP contribution in [0.4, 0.5) is 10.8 Å². The number of nitrogens with one attached hydrogen (secondary N) is 2. The molecule has 174 valence electrons. The molecule has 0 spiro atoms. The molecular formula is C23H27N5O3S2. The molecule has 1 aliphatic heterocycles. The smallest absolute Gasteiger partial charge is 0.270 e. The first kappa shape index (κ1) is 23.3. The number of carbonyl (C=O) groups excluding carboxylic acids is 1. The highest BCUT2D eigenvalue weighted by molar-refractivity contribution is 7.91. The normalized spacial score (nSPS) is 15.3. The van der Waals surface area contributed by atoms with E-state index in [1.165, 1.54) is 19.3 Å². The fourth-order valence-electron chi connectivity index (χ4n) is 3.84. The standard InChI is InChI=1S/C23H27N5O3S2/c1-16-8-4-5-9-20(16)21(29)24-22-25-26-23(32-22)33(30,31)27-17(2)18-10-12-19(13-11-18)28-14-6-3-7-15-28/h4-5,8-13,17,27H,3,6-7,14-15H2,1-2H3,(H,24,25,29)/t17-/m0/s1. The lowest BCUT2D eigenvalue weighted by Gasteiger charge is -2.29. The Kier molecular flexibility index (Phi) is 7.06. The summed E-state index contributed by atoms with van der Waals surface area (Å²) in [5.74, 6) is -0.358. The zero-order valence-corrected chi connectivity index (χ0v) is 20.2. The molecule has 1 fully saturated rings. The zero-order chi connectivity index (χ0) is 23.4. The van der Waals surface area contributed by atoms with Crippen molar-refractivity contribution in [2.24, 2.45) is 0 Å². The maximum absolute atomic E-state index is 12.8. The van der Waals surface area contributed by atoms with E-state index in [4.69, 9.17) is 0 Å². The zero-order valence-electron chi connectivity index (χ0n) is 18.6. The average Bonchev–Trinajstić information content (AvgIpc) is 3.29. The SMILES string of the molecule is Cc1ccccc1C(=O)Nc1nnc(S(=O)(=O)N[C@@H](C)c2ccc(N3CCCCC3)cc2)s1. The lowest BCUT2D eigenvalue weighted by molar-refractivity contribution is 0.102. The van der Waals surface area contributed by atoms with Crippen LogP contribution in [0.1, 0.15) is 53.7 Å². The van der Waals surface area contributed by atoms with Gasteiger partial charge in [-0.3, -0.25) is 10.1 Å². The minimum Gasteiger partial charge on any atom is -0.372 e. The molecule has 1 saturated heterocycles. The van der Waals surface area contributed by atoms with Crippen LogP contribution < -0.4 is 14.9 Å². The molecule has 2 heterocycles. The molecule has 1 aromatic heterocycles. The van der Waals surface area contributed by atoms with Gasteiger partial charge in [0.05, 0.1) is 0 Å². The van der Waals surface area contributed by atoms with Crippen LogP contribution in [0.25, 0.3) is 0 Å². The molecule has 33 heavy (non-hydrogen) atoms. The summed E-state index contributed by atoms with van der Waals surface area (Å²) >= 11 is 0.816. The number of aryl methyl sites for hydroxylation is 1. The number of carbonyl (C=O) groups is 1. The summed E-state index contributed by atoms with van der Waals surface area (Å²) in [7, 11) is -3.89. The number of aromatic nitrogens is 2. The quantitative estimate of drug-likeness (QED) is 0.488. The number of amides is 1. The summed E-state index contributed by atoms with van der Waals surface area (Å²) in [6, 6.07) is 14.7. The highest BCUT2D eigenvalue weighted by Gasteiger charge is 2.24. The number of hydrogen-bond acceptors (Lipinski definition) is 7. The predicted octanol–water partition coefficient (Wildman–Crippen LogP) is 4.13. The van der Waals surface area contributed by atoms with E-state index < -0.39 is 16.1 Å². The maximum Gasteiger partial charge on any atom is 0.270 e. The number of nitrogens with zero attached hydrogens (tertiary/aromatic N) is 3. The first-order valence-corrected chi connectivity index (χ1v) is 13.2. The van der Waals surface area contributed by atoms with E-state index in [0.717, 1.165) is 41.2 Å². The largest absolute Gasteiger partial charge is 0.372 e. The van der Waals surface area contributed by atoms with Crippen molar-refractivity contribution in [2.75, 3.05) is 23.3 Å². The molecule has 0 radical (unpaired) electrons. The van der Waals surface area contributed by atoms with Crippen molar-refractivity contribution < 1.29 is 13.2 Å². The molecular weight excluding hydrogens is 458 g/mol. The minimum atomic E-state index is -3.89. The molecule has 4 rings (SSSR count). The van der Waals surface area contributed by atoms with E-state index in [-0.39, 0.29) is 15.4 Å². The summed E-state index contributed by atoms with van der Waals surface area (Å²) in [5, 5.41) is 10.4. The van der Waals surface area contributed by atoms with Crippen LogP contribution in [0, 0.1) is 6.92 Å². The van der Waals surface area contributed by atoms with Gasteiger partial charge in [0.15, 0.2) is 0 Å². The number of piperidine rings is 1. The number of rotatable bonds is 7. The third kappa shape index (κ3) is 5.58. The van der Waals surface area contributed by atoms with Crippen LogP contribution in [0.15, 0.2) is 52.9 Å². The van der Waals surface area contributed by atoms with E-state index in [1.807, 2.05) is 43.3 Å². The first-order valence-electron chi connectivity index (χ1n) is 10.9. The average molecular weight is 486 g/mol. The molecule has 1 atom stereocenters. The summed E-state index contributed by atoms with van der Waals surface area (Å²) in [6.45, 7) is 5.73. The lowest BCUT2D eigenvalue weighted by atomic mass is 10.1. The van der Waals surface area contributed by atoms with Crippen LogP contribution >= 0.6 is 11.3 Å². The summed E-state index contributed by atoms with van der Waals surface area (Å²) in [6.07, 6.45) is 3.68. The Balaban J connectivity index is 1.41. The Bertz CT molecular complexity index is 1220. The molecule has 1 aliphatic rings. The van der Waals surface area contributed by atoms with E-state index in [9.17, 15) is 13.2 Å². The van der Waals surface area contributed by atoms with Gasteiger partial charge in [-0.2, -0.15) is 0 Å². The second kappa shape index (κ2) is 9.98. The molecule has 2 aromatic carbocycles. The molecule has 0 saturated carbocycles. The Morgan fingerprint density at radius 3 is 2.42 bits per heavy atom. The van der Waals surface area contributed by atoms with Crippen LogP contribution in [0.3, 0.4) is 0 Å². The maximum atomic E-state index is 12.8. The highest BCUT2D eigenvalue weighted by Crippen LogP contribution is 2.25. The fraction of sp³-hybridized carbons (Fsp3) is 0.348. The Labute approximate surface area is 198 Å². The Morgan fingerprint density at radius 1 is 1.03 bits per heavy atom. The monoisotopic (exact) mass is 485 g/mol. The van der Waals surface area contributed by atoms with Gasteiger partial charge in [0.25, 0.3) is 15.9 Å². The Morgan fingerprint density at radius 2 is 1.73 bits per heavy atom. The van der Waals surface area contributed by atoms with Gasteiger partial charge in [0.2, 0.25) is 9.47 Å². The molecule has 1 amide bonds. The van der Waals surface area contributed by atoms with Gasteiger partial charge in [-0.05, 0) is 62.4 Å². The van der Waals surface area contributed by atoms with Crippen LogP contribution in [0.2, 0.25) is 0 Å². The molecule has 0 bridgehead atoms. The van der Waals surface area contributed by atoms with Crippen LogP contribution in [-0.4, -0.2) is 37.6 Å². The van der Waals surface area contributed by atoms with Crippen LogP contribution in [0.5, 0.6) is 0 Å². The second-order valence-corrected chi connectivity index (χ2v) is 11.0. The van der Waals surface area contributed by atoms with Crippen molar-refractivity contribution >= 4 is 38.1 Å². The van der Waals surface area contributed by atoms with Gasteiger partial charge in [-0.1, -0.05) is 41.7 Å². The van der Waals surface area contributed by atoms with Gasteiger partial charge in [0.1, 0.15) is 0 Å². The molecule has 2 N–H and O–H groups in total. The third-order valence-corrected chi connectivity index (χ3v) is 8.44. The van der Waals surface area contributed by atoms with E-state index in [1.54, 1.807) is 19.1 Å². The van der Waals surface area contributed by atoms with Crippen molar-refractivity contribution in [3.8, 4) is 0 Å². The van der Waals surface area contributed by atoms with Crippen LogP contribution in [-0.2, 0) is 10.0 Å². The van der Waals surface area contributed by atoms with Gasteiger partial charge in [-0.15, -0.1) is 10.2 Å². The van der Waals surface area contributed by atoms with E-state index in [0.29, 0.717) is 5.56 Å². The molecule has 10 heteroatoms. The fourth-order valence-corrected chi connectivity index (χ4v) is 5.98.